The number of hydrazine groups is 1. The molecule has 0 aliphatic rings. The Bertz CT molecular complexity index is 409. The van der Waals surface area contributed by atoms with Crippen molar-refractivity contribution < 1.29 is 0 Å². The van der Waals surface area contributed by atoms with E-state index in [1.807, 2.05) is 46.3 Å². The Kier molecular flexibility index (Phi) is 3.38. The lowest BCUT2D eigenvalue weighted by atomic mass is 10.1. The van der Waals surface area contributed by atoms with E-state index in [2.05, 4.69) is 15.5 Å². The van der Waals surface area contributed by atoms with Gasteiger partial charge in [-0.25, -0.2) is 5.84 Å². The second-order valence-electron chi connectivity index (χ2n) is 4.94. The predicted molar refractivity (Wildman–Crippen MR) is 66.3 cm³/mol. The number of aryl methyl sites for hydroxylation is 2. The van der Waals surface area contributed by atoms with Crippen LogP contribution in [0.5, 0.6) is 0 Å². The molecule has 1 aromatic heterocycles. The summed E-state index contributed by atoms with van der Waals surface area (Å²) >= 11 is 0. The van der Waals surface area contributed by atoms with Crippen LogP contribution in [-0.4, -0.2) is 21.2 Å². The topological polar surface area (TPSA) is 68.2 Å². The van der Waals surface area contributed by atoms with Crippen molar-refractivity contribution in [3.63, 3.8) is 0 Å². The third-order valence-electron chi connectivity index (χ3n) is 2.33. The molecular formula is C11H21N5. The molecule has 0 amide bonds. The fourth-order valence-electron chi connectivity index (χ4n) is 1.61. The van der Waals surface area contributed by atoms with E-state index in [4.69, 9.17) is 5.84 Å². The summed E-state index contributed by atoms with van der Waals surface area (Å²) in [5.74, 6) is 6.23. The summed E-state index contributed by atoms with van der Waals surface area (Å²) in [6.07, 6.45) is 0. The average Bonchev–Trinajstić information content (AvgIpc) is 2.37. The minimum absolute atomic E-state index is 0.170. The molecule has 0 fully saturated rings. The average molecular weight is 223 g/mol. The lowest BCUT2D eigenvalue weighted by Crippen LogP contribution is -2.34. The van der Waals surface area contributed by atoms with E-state index in [9.17, 15) is 0 Å². The number of hydrogen-bond acceptors (Lipinski definition) is 3. The van der Waals surface area contributed by atoms with Crippen LogP contribution >= 0.6 is 0 Å². The van der Waals surface area contributed by atoms with Gasteiger partial charge in [0, 0.05) is 12.7 Å². The molecule has 0 unspecified atom stereocenters. The summed E-state index contributed by atoms with van der Waals surface area (Å²) in [5.41, 5.74) is 5.47. The van der Waals surface area contributed by atoms with Crippen molar-refractivity contribution in [3.8, 4) is 0 Å². The summed E-state index contributed by atoms with van der Waals surface area (Å²) in [7, 11) is 1.91. The van der Waals surface area contributed by atoms with Gasteiger partial charge in [0.05, 0.1) is 16.8 Å². The lowest BCUT2D eigenvalue weighted by Gasteiger charge is -2.16. The van der Waals surface area contributed by atoms with Crippen LogP contribution in [0.3, 0.4) is 0 Å². The van der Waals surface area contributed by atoms with E-state index >= 15 is 0 Å². The molecule has 1 heterocycles. The minimum atomic E-state index is -0.170. The first-order valence-corrected chi connectivity index (χ1v) is 5.33. The molecule has 0 radical (unpaired) electrons. The minimum Gasteiger partial charge on any atom is -0.308 e. The highest BCUT2D eigenvalue weighted by molar-refractivity contribution is 6.00. The molecule has 0 atom stereocenters. The highest BCUT2D eigenvalue weighted by Gasteiger charge is 2.17. The fourth-order valence-corrected chi connectivity index (χ4v) is 1.61. The molecule has 5 nitrogen and oxygen atoms in total. The van der Waals surface area contributed by atoms with Crippen molar-refractivity contribution in [2.24, 2.45) is 17.9 Å². The molecular weight excluding hydrogens is 202 g/mol. The largest absolute Gasteiger partial charge is 0.308 e. The van der Waals surface area contributed by atoms with Crippen LogP contribution in [0.4, 0.5) is 0 Å². The summed E-state index contributed by atoms with van der Waals surface area (Å²) in [5, 5.41) is 4.35. The van der Waals surface area contributed by atoms with Gasteiger partial charge in [0.1, 0.15) is 5.84 Å². The van der Waals surface area contributed by atoms with Crippen molar-refractivity contribution in [1.82, 2.24) is 15.2 Å². The normalized spacial score (nSPS) is 13.1. The van der Waals surface area contributed by atoms with Crippen LogP contribution in [0, 0.1) is 13.8 Å². The first-order chi connectivity index (χ1) is 7.26. The molecule has 3 N–H and O–H groups in total. The maximum atomic E-state index is 5.54. The molecule has 5 heteroatoms. The van der Waals surface area contributed by atoms with Crippen LogP contribution in [0.2, 0.25) is 0 Å². The van der Waals surface area contributed by atoms with Gasteiger partial charge in [0.25, 0.3) is 0 Å². The fraction of sp³-hybridized carbons (Fsp3) is 0.636. The smallest absolute Gasteiger partial charge is 0.146 e. The quantitative estimate of drug-likeness (QED) is 0.323. The molecule has 0 aliphatic heterocycles. The summed E-state index contributed by atoms with van der Waals surface area (Å²) in [6, 6.07) is 0. The van der Waals surface area contributed by atoms with Gasteiger partial charge in [0.2, 0.25) is 0 Å². The summed E-state index contributed by atoms with van der Waals surface area (Å²) < 4.78 is 1.83. The molecule has 1 rings (SSSR count). The Morgan fingerprint density at radius 3 is 2.25 bits per heavy atom. The highest BCUT2D eigenvalue weighted by atomic mass is 15.3. The van der Waals surface area contributed by atoms with E-state index in [-0.39, 0.29) is 5.54 Å². The number of nitrogens with one attached hydrogen (secondary N) is 1. The van der Waals surface area contributed by atoms with Gasteiger partial charge in [-0.2, -0.15) is 5.10 Å². The van der Waals surface area contributed by atoms with Crippen LogP contribution in [0.1, 0.15) is 37.7 Å². The number of nitrogens with two attached hydrogens (primary N) is 1. The van der Waals surface area contributed by atoms with Crippen molar-refractivity contribution in [1.29, 1.82) is 0 Å². The van der Waals surface area contributed by atoms with Gasteiger partial charge in [0.15, 0.2) is 0 Å². The van der Waals surface area contributed by atoms with Crippen LogP contribution in [-0.2, 0) is 7.05 Å². The molecule has 0 aromatic carbocycles. The van der Waals surface area contributed by atoms with Crippen LogP contribution in [0.15, 0.2) is 4.99 Å². The van der Waals surface area contributed by atoms with E-state index in [0.717, 1.165) is 17.0 Å². The number of rotatable bonds is 1. The molecule has 1 aromatic rings. The maximum Gasteiger partial charge on any atom is 0.146 e. The summed E-state index contributed by atoms with van der Waals surface area (Å²) in [6.45, 7) is 10.1. The first kappa shape index (κ1) is 12.7. The van der Waals surface area contributed by atoms with E-state index in [1.165, 1.54) is 0 Å². The van der Waals surface area contributed by atoms with Gasteiger partial charge in [-0.05, 0) is 34.6 Å². The van der Waals surface area contributed by atoms with E-state index < -0.39 is 0 Å². The van der Waals surface area contributed by atoms with Crippen LogP contribution < -0.4 is 11.3 Å². The van der Waals surface area contributed by atoms with Crippen LogP contribution in [0.25, 0.3) is 0 Å². The molecule has 0 spiro atoms. The molecule has 0 aliphatic carbocycles. The monoisotopic (exact) mass is 223 g/mol. The van der Waals surface area contributed by atoms with Gasteiger partial charge >= 0.3 is 0 Å². The second-order valence-corrected chi connectivity index (χ2v) is 4.94. The van der Waals surface area contributed by atoms with Gasteiger partial charge in [-0.1, -0.05) is 0 Å². The Labute approximate surface area is 96.7 Å². The number of aromatic nitrogens is 2. The zero-order valence-corrected chi connectivity index (χ0v) is 10.9. The van der Waals surface area contributed by atoms with Crippen molar-refractivity contribution in [2.45, 2.75) is 40.2 Å². The van der Waals surface area contributed by atoms with Crippen molar-refractivity contribution in [2.75, 3.05) is 0 Å². The Morgan fingerprint density at radius 1 is 1.38 bits per heavy atom. The second kappa shape index (κ2) is 4.25. The Balaban J connectivity index is 3.30. The zero-order chi connectivity index (χ0) is 12.5. The number of amidine groups is 1. The zero-order valence-electron chi connectivity index (χ0n) is 10.9. The number of nitrogens with zero attached hydrogens (tertiary/aromatic N) is 3. The Morgan fingerprint density at radius 2 is 1.94 bits per heavy atom. The summed E-state index contributed by atoms with van der Waals surface area (Å²) in [4.78, 5) is 4.56. The highest BCUT2D eigenvalue weighted by Crippen LogP contribution is 2.15. The molecule has 90 valence electrons. The maximum absolute atomic E-state index is 5.54. The molecule has 0 bridgehead atoms. The first-order valence-electron chi connectivity index (χ1n) is 5.33. The Hall–Kier alpha value is -1.36. The molecule has 0 saturated heterocycles. The predicted octanol–water partition coefficient (Wildman–Crippen LogP) is 1.05. The van der Waals surface area contributed by atoms with Gasteiger partial charge in [-0.15, -0.1) is 0 Å². The van der Waals surface area contributed by atoms with E-state index in [1.54, 1.807) is 0 Å². The third-order valence-corrected chi connectivity index (χ3v) is 2.33. The lowest BCUT2D eigenvalue weighted by molar-refractivity contribution is 0.580. The molecule has 16 heavy (non-hydrogen) atoms. The van der Waals surface area contributed by atoms with Crippen molar-refractivity contribution >= 4 is 5.84 Å². The third kappa shape index (κ3) is 2.61. The molecule has 0 saturated carbocycles. The SMILES string of the molecule is Cc1nn(C)c(C)c1C(=NC(C)(C)C)NN. The van der Waals surface area contributed by atoms with E-state index in [0.29, 0.717) is 5.84 Å². The standard InChI is InChI=1S/C11H21N5/c1-7-9(8(2)16(6)15-7)10(14-12)13-11(3,4)5/h12H2,1-6H3,(H,13,14). The van der Waals surface area contributed by atoms with Gasteiger partial charge < -0.3 is 5.43 Å². The number of hydrogen-bond donors (Lipinski definition) is 2. The number of aliphatic imine (C=N–C) groups is 1. The van der Waals surface area contributed by atoms with Gasteiger partial charge in [-0.3, -0.25) is 9.67 Å². The van der Waals surface area contributed by atoms with Crippen molar-refractivity contribution in [3.05, 3.63) is 17.0 Å².